The fourth-order valence-corrected chi connectivity index (χ4v) is 2.16. The molecule has 3 rings (SSSR count). The maximum absolute atomic E-state index is 13.2. The van der Waals surface area contributed by atoms with E-state index in [1.807, 2.05) is 24.3 Å². The molecule has 122 valence electrons. The molecular formula is C18H15FN2O3. The topological polar surface area (TPSA) is 57.4 Å². The average molecular weight is 326 g/mol. The number of ether oxygens (including phenoxy) is 2. The van der Waals surface area contributed by atoms with Crippen molar-refractivity contribution >= 4 is 12.2 Å². The first-order valence-electron chi connectivity index (χ1n) is 7.19. The van der Waals surface area contributed by atoms with Gasteiger partial charge in [0, 0.05) is 11.6 Å². The Kier molecular flexibility index (Phi) is 4.56. The fraction of sp³-hybridized carbons (Fsp3) is 0.111. The molecule has 0 bridgehead atoms. The van der Waals surface area contributed by atoms with Crippen LogP contribution in [-0.2, 0) is 0 Å². The van der Waals surface area contributed by atoms with Crippen LogP contribution in [0.2, 0.25) is 0 Å². The Bertz CT molecular complexity index is 874. The maximum Gasteiger partial charge on any atom is 0.248 e. The van der Waals surface area contributed by atoms with Crippen molar-refractivity contribution in [3.05, 3.63) is 59.7 Å². The van der Waals surface area contributed by atoms with Gasteiger partial charge >= 0.3 is 0 Å². The monoisotopic (exact) mass is 326 g/mol. The summed E-state index contributed by atoms with van der Waals surface area (Å²) in [5.74, 6) is 1.52. The first-order valence-corrected chi connectivity index (χ1v) is 7.19. The molecule has 0 aliphatic rings. The van der Waals surface area contributed by atoms with E-state index in [-0.39, 0.29) is 11.7 Å². The van der Waals surface area contributed by atoms with Gasteiger partial charge in [-0.25, -0.2) is 4.39 Å². The minimum Gasteiger partial charge on any atom is -0.493 e. The van der Waals surface area contributed by atoms with Crippen LogP contribution in [0.5, 0.6) is 11.5 Å². The molecule has 6 heteroatoms. The van der Waals surface area contributed by atoms with Gasteiger partial charge in [0.1, 0.15) is 5.82 Å². The Hall–Kier alpha value is -3.15. The van der Waals surface area contributed by atoms with E-state index in [2.05, 4.69) is 10.2 Å². The van der Waals surface area contributed by atoms with Crippen LogP contribution in [-0.4, -0.2) is 24.4 Å². The van der Waals surface area contributed by atoms with Crippen LogP contribution in [0.3, 0.4) is 0 Å². The summed E-state index contributed by atoms with van der Waals surface area (Å²) in [5, 5.41) is 7.85. The third-order valence-electron chi connectivity index (χ3n) is 3.34. The van der Waals surface area contributed by atoms with Gasteiger partial charge in [-0.3, -0.25) is 0 Å². The molecule has 2 aromatic carbocycles. The average Bonchev–Trinajstić information content (AvgIpc) is 3.08. The summed E-state index contributed by atoms with van der Waals surface area (Å²) in [6.07, 6.45) is 3.49. The first-order chi connectivity index (χ1) is 11.7. The predicted octanol–water partition coefficient (Wildman–Crippen LogP) is 4.06. The summed E-state index contributed by atoms with van der Waals surface area (Å²) in [6, 6.07) is 11.5. The third kappa shape index (κ3) is 3.43. The van der Waals surface area contributed by atoms with Gasteiger partial charge in [-0.15, -0.1) is 10.2 Å². The zero-order valence-corrected chi connectivity index (χ0v) is 13.2. The van der Waals surface area contributed by atoms with E-state index >= 15 is 0 Å². The number of rotatable bonds is 5. The first kappa shape index (κ1) is 15.7. The second-order valence-electron chi connectivity index (χ2n) is 4.90. The number of aromatic nitrogens is 2. The second-order valence-corrected chi connectivity index (χ2v) is 4.90. The van der Waals surface area contributed by atoms with Crippen molar-refractivity contribution in [2.75, 3.05) is 14.2 Å². The van der Waals surface area contributed by atoms with Crippen molar-refractivity contribution in [3.8, 4) is 23.0 Å². The molecule has 0 spiro atoms. The predicted molar refractivity (Wildman–Crippen MR) is 88.2 cm³/mol. The normalized spacial score (nSPS) is 11.0. The lowest BCUT2D eigenvalue weighted by Crippen LogP contribution is -1.90. The quantitative estimate of drug-likeness (QED) is 0.707. The standard InChI is InChI=1S/C18H15FN2O3/c1-22-15-8-6-12(10-16(15)23-2)7-9-17-20-21-18(24-17)13-4-3-5-14(19)11-13/h3-11H,1-2H3/b9-7+. The zero-order valence-electron chi connectivity index (χ0n) is 13.2. The highest BCUT2D eigenvalue weighted by molar-refractivity contribution is 5.68. The molecule has 5 nitrogen and oxygen atoms in total. The van der Waals surface area contributed by atoms with Crippen LogP contribution in [0.1, 0.15) is 11.5 Å². The molecule has 1 heterocycles. The smallest absolute Gasteiger partial charge is 0.248 e. The Labute approximate surface area is 138 Å². The summed E-state index contributed by atoms with van der Waals surface area (Å²) in [5.41, 5.74) is 1.42. The number of halogens is 1. The van der Waals surface area contributed by atoms with Crippen LogP contribution < -0.4 is 9.47 Å². The fourth-order valence-electron chi connectivity index (χ4n) is 2.16. The molecule has 0 saturated heterocycles. The lowest BCUT2D eigenvalue weighted by atomic mass is 10.2. The van der Waals surface area contributed by atoms with E-state index in [4.69, 9.17) is 13.9 Å². The minimum absolute atomic E-state index is 0.265. The SMILES string of the molecule is COc1ccc(/C=C/c2nnc(-c3cccc(F)c3)o2)cc1OC. The number of hydrogen-bond acceptors (Lipinski definition) is 5. The van der Waals surface area contributed by atoms with Gasteiger partial charge in [0.05, 0.1) is 14.2 Å². The summed E-state index contributed by atoms with van der Waals surface area (Å²) in [4.78, 5) is 0. The van der Waals surface area contributed by atoms with Crippen LogP contribution in [0.4, 0.5) is 4.39 Å². The Balaban J connectivity index is 1.80. The van der Waals surface area contributed by atoms with Gasteiger partial charge in [0.25, 0.3) is 0 Å². The largest absolute Gasteiger partial charge is 0.493 e. The molecule has 3 aromatic rings. The molecule has 0 aliphatic carbocycles. The van der Waals surface area contributed by atoms with Gasteiger partial charge in [-0.2, -0.15) is 0 Å². The number of hydrogen-bond donors (Lipinski definition) is 0. The summed E-state index contributed by atoms with van der Waals surface area (Å²) in [6.45, 7) is 0. The molecule has 24 heavy (non-hydrogen) atoms. The number of nitrogens with zero attached hydrogens (tertiary/aromatic N) is 2. The Morgan fingerprint density at radius 1 is 0.958 bits per heavy atom. The number of methoxy groups -OCH3 is 2. The van der Waals surface area contributed by atoms with Crippen molar-refractivity contribution in [3.63, 3.8) is 0 Å². The van der Waals surface area contributed by atoms with E-state index in [9.17, 15) is 4.39 Å². The van der Waals surface area contributed by atoms with E-state index in [0.717, 1.165) is 5.56 Å². The molecule has 0 radical (unpaired) electrons. The molecule has 0 fully saturated rings. The lowest BCUT2D eigenvalue weighted by molar-refractivity contribution is 0.355. The molecule has 0 N–H and O–H groups in total. The molecular weight excluding hydrogens is 311 g/mol. The Morgan fingerprint density at radius 3 is 2.54 bits per heavy atom. The third-order valence-corrected chi connectivity index (χ3v) is 3.34. The highest BCUT2D eigenvalue weighted by Gasteiger charge is 2.08. The van der Waals surface area contributed by atoms with Crippen molar-refractivity contribution in [2.24, 2.45) is 0 Å². The van der Waals surface area contributed by atoms with E-state index in [0.29, 0.717) is 23.0 Å². The maximum atomic E-state index is 13.2. The summed E-state index contributed by atoms with van der Waals surface area (Å²) >= 11 is 0. The highest BCUT2D eigenvalue weighted by Crippen LogP contribution is 2.28. The van der Waals surface area contributed by atoms with Gasteiger partial charge in [0.15, 0.2) is 11.5 Å². The van der Waals surface area contributed by atoms with Crippen molar-refractivity contribution in [2.45, 2.75) is 0 Å². The Morgan fingerprint density at radius 2 is 1.79 bits per heavy atom. The molecule has 0 unspecified atom stereocenters. The molecule has 0 saturated carbocycles. The van der Waals surface area contributed by atoms with Gasteiger partial charge in [0.2, 0.25) is 11.8 Å². The van der Waals surface area contributed by atoms with Crippen LogP contribution >= 0.6 is 0 Å². The molecule has 0 aliphatic heterocycles. The van der Waals surface area contributed by atoms with E-state index in [1.54, 1.807) is 32.4 Å². The molecule has 1 aromatic heterocycles. The van der Waals surface area contributed by atoms with Gasteiger partial charge < -0.3 is 13.9 Å². The van der Waals surface area contributed by atoms with Crippen molar-refractivity contribution in [1.82, 2.24) is 10.2 Å². The van der Waals surface area contributed by atoms with E-state index in [1.165, 1.54) is 12.1 Å². The van der Waals surface area contributed by atoms with E-state index < -0.39 is 0 Å². The van der Waals surface area contributed by atoms with Crippen LogP contribution in [0, 0.1) is 5.82 Å². The number of benzene rings is 2. The van der Waals surface area contributed by atoms with Crippen LogP contribution in [0.25, 0.3) is 23.6 Å². The summed E-state index contributed by atoms with van der Waals surface area (Å²) < 4.78 is 29.2. The minimum atomic E-state index is -0.354. The summed E-state index contributed by atoms with van der Waals surface area (Å²) in [7, 11) is 3.16. The van der Waals surface area contributed by atoms with Crippen molar-refractivity contribution < 1.29 is 18.3 Å². The van der Waals surface area contributed by atoms with Gasteiger partial charge in [-0.1, -0.05) is 12.1 Å². The zero-order chi connectivity index (χ0) is 16.9. The van der Waals surface area contributed by atoms with Crippen molar-refractivity contribution in [1.29, 1.82) is 0 Å². The molecule has 0 amide bonds. The second kappa shape index (κ2) is 6.95. The van der Waals surface area contributed by atoms with Crippen LogP contribution in [0.15, 0.2) is 46.9 Å². The van der Waals surface area contributed by atoms with Gasteiger partial charge in [-0.05, 0) is 42.0 Å². The highest BCUT2D eigenvalue weighted by atomic mass is 19.1. The molecule has 0 atom stereocenters. The lowest BCUT2D eigenvalue weighted by Gasteiger charge is -2.07.